The van der Waals surface area contributed by atoms with Crippen molar-refractivity contribution in [3.05, 3.63) is 195 Å². The lowest BCUT2D eigenvalue weighted by Crippen LogP contribution is -2.62. The van der Waals surface area contributed by atoms with Crippen LogP contribution in [-0.4, -0.2) is 32.5 Å². The van der Waals surface area contributed by atoms with Gasteiger partial charge in [0.1, 0.15) is 23.0 Å². The second-order valence-electron chi connectivity index (χ2n) is 17.9. The number of para-hydroxylation sites is 4. The zero-order valence-corrected chi connectivity index (χ0v) is 35.2. The van der Waals surface area contributed by atoms with Crippen LogP contribution in [0.4, 0.5) is 0 Å². The fraction of sp³-hybridized carbons (Fsp3) is 0. The summed E-state index contributed by atoms with van der Waals surface area (Å²) in [7, 11) is 0. The minimum atomic E-state index is -0.126. The Hall–Kier alpha value is -8.61. The molecule has 0 aliphatic carbocycles. The van der Waals surface area contributed by atoms with Gasteiger partial charge in [-0.05, 0) is 121 Å². The Bertz CT molecular complexity index is 3880. The van der Waals surface area contributed by atoms with Crippen LogP contribution in [0.15, 0.2) is 195 Å². The van der Waals surface area contributed by atoms with Crippen LogP contribution < -0.4 is 42.3 Å². The first-order valence-electron chi connectivity index (χ1n) is 22.6. The van der Waals surface area contributed by atoms with E-state index in [0.29, 0.717) is 0 Å². The number of ether oxygens (including phenoxy) is 2. The summed E-state index contributed by atoms with van der Waals surface area (Å²) in [5.41, 5.74) is 20.7. The van der Waals surface area contributed by atoms with E-state index in [9.17, 15) is 0 Å². The molecule has 0 bridgehead atoms. The van der Waals surface area contributed by atoms with Gasteiger partial charge in [-0.3, -0.25) is 9.97 Å². The van der Waals surface area contributed by atoms with Gasteiger partial charge in [-0.2, -0.15) is 0 Å². The second kappa shape index (κ2) is 12.6. The van der Waals surface area contributed by atoms with Gasteiger partial charge >= 0.3 is 0 Å². The number of hydrogen-bond acceptors (Lipinski definition) is 4. The highest BCUT2D eigenvalue weighted by molar-refractivity contribution is 7.02. The average Bonchev–Trinajstić information content (AvgIpc) is 3.92. The summed E-state index contributed by atoms with van der Waals surface area (Å²) in [6, 6.07) is 61.8. The molecule has 0 saturated heterocycles. The van der Waals surface area contributed by atoms with Crippen molar-refractivity contribution < 1.29 is 9.47 Å². The highest BCUT2D eigenvalue weighted by Crippen LogP contribution is 2.50. The average molecular weight is 839 g/mol. The lowest BCUT2D eigenvalue weighted by molar-refractivity contribution is 0.469. The van der Waals surface area contributed by atoms with E-state index in [4.69, 9.17) is 9.47 Å². The molecule has 0 spiro atoms. The van der Waals surface area contributed by atoms with Gasteiger partial charge in [0.05, 0.1) is 27.6 Å². The Balaban J connectivity index is 1.06. The maximum Gasteiger partial charge on any atom is 0.256 e. The van der Waals surface area contributed by atoms with Gasteiger partial charge in [-0.15, -0.1) is 0 Å². The lowest BCUT2D eigenvalue weighted by atomic mass is 9.31. The molecule has 0 N–H and O–H groups in total. The van der Waals surface area contributed by atoms with Gasteiger partial charge in [0.15, 0.2) is 0 Å². The molecule has 4 aromatic heterocycles. The van der Waals surface area contributed by atoms with Crippen molar-refractivity contribution in [2.75, 3.05) is 0 Å². The number of fused-ring (bicyclic) bond motifs is 16. The Kier molecular flexibility index (Phi) is 6.62. The quantitative estimate of drug-likeness (QED) is 0.167. The fourth-order valence-electron chi connectivity index (χ4n) is 12.3. The molecular formula is C58H32B2N4O2. The smallest absolute Gasteiger partial charge is 0.256 e. The van der Waals surface area contributed by atoms with Crippen molar-refractivity contribution in [1.29, 1.82) is 0 Å². The number of hydrogen-bond donors (Lipinski definition) is 0. The van der Waals surface area contributed by atoms with Crippen molar-refractivity contribution in [3.8, 4) is 67.8 Å². The third-order valence-corrected chi connectivity index (χ3v) is 14.8. The molecule has 0 fully saturated rings. The van der Waals surface area contributed by atoms with Crippen LogP contribution in [-0.2, 0) is 0 Å². The largest absolute Gasteiger partial charge is 0.458 e. The summed E-state index contributed by atoms with van der Waals surface area (Å²) in [4.78, 5) is 8.83. The molecule has 0 saturated carbocycles. The van der Waals surface area contributed by atoms with Crippen molar-refractivity contribution >= 4 is 89.8 Å². The summed E-state index contributed by atoms with van der Waals surface area (Å²) in [5, 5.41) is 4.88. The summed E-state index contributed by atoms with van der Waals surface area (Å²) in [5.74, 6) is 3.36. The van der Waals surface area contributed by atoms with Gasteiger partial charge in [-0.1, -0.05) is 109 Å². The Labute approximate surface area is 379 Å². The van der Waals surface area contributed by atoms with Gasteiger partial charge < -0.3 is 18.6 Å². The van der Waals surface area contributed by atoms with Gasteiger partial charge in [0.2, 0.25) is 0 Å². The van der Waals surface area contributed by atoms with Crippen LogP contribution in [0.1, 0.15) is 0 Å². The first-order chi connectivity index (χ1) is 32.8. The number of benzene rings is 8. The monoisotopic (exact) mass is 838 g/mol. The molecule has 302 valence electrons. The maximum absolute atomic E-state index is 7.59. The van der Waals surface area contributed by atoms with E-state index in [2.05, 4.69) is 189 Å². The molecular weight excluding hydrogens is 806 g/mol. The van der Waals surface area contributed by atoms with E-state index in [1.165, 1.54) is 76.8 Å². The maximum atomic E-state index is 7.59. The molecule has 0 radical (unpaired) electrons. The second-order valence-corrected chi connectivity index (χ2v) is 17.9. The highest BCUT2D eigenvalue weighted by atomic mass is 16.5. The topological polar surface area (TPSA) is 54.1 Å². The Morgan fingerprint density at radius 1 is 0.394 bits per heavy atom. The van der Waals surface area contributed by atoms with Crippen molar-refractivity contribution in [1.82, 2.24) is 19.1 Å². The van der Waals surface area contributed by atoms with Crippen LogP contribution in [0.5, 0.6) is 23.0 Å². The minimum Gasteiger partial charge on any atom is -0.458 e. The number of nitrogens with zero attached hydrogens (tertiary/aromatic N) is 4. The molecule has 4 aliphatic heterocycles. The summed E-state index contributed by atoms with van der Waals surface area (Å²) < 4.78 is 20.1. The molecule has 4 aliphatic rings. The third kappa shape index (κ3) is 4.29. The molecule has 0 unspecified atom stereocenters. The zero-order chi connectivity index (χ0) is 42.8. The molecule has 6 nitrogen and oxygen atoms in total. The van der Waals surface area contributed by atoms with Gasteiger partial charge in [0.25, 0.3) is 13.4 Å². The van der Waals surface area contributed by atoms with E-state index < -0.39 is 0 Å². The van der Waals surface area contributed by atoms with Crippen LogP contribution in [0.3, 0.4) is 0 Å². The van der Waals surface area contributed by atoms with E-state index in [0.717, 1.165) is 67.3 Å². The molecule has 0 atom stereocenters. The van der Waals surface area contributed by atoms with Crippen LogP contribution in [0, 0.1) is 0 Å². The first kappa shape index (κ1) is 34.8. The zero-order valence-electron chi connectivity index (χ0n) is 35.2. The van der Waals surface area contributed by atoms with Crippen molar-refractivity contribution in [2.24, 2.45) is 0 Å². The normalized spacial score (nSPS) is 13.3. The summed E-state index contributed by atoms with van der Waals surface area (Å²) >= 11 is 0. The van der Waals surface area contributed by atoms with E-state index >= 15 is 0 Å². The molecule has 8 heterocycles. The molecule has 12 aromatic rings. The standard InChI is InChI=1S/C58H32B2N4O2/c1-2-12-35(13-3-1)50-57-42(59-40-16-6-10-20-46(40)63-44-18-8-4-14-36(44)51-38(33-22-26-61-27-23-33)30-48(65-57)53(59)55(51)63)32-43-58(50)66-49-31-39(34-24-28-62-29-25-34)52-37-15-5-9-19-45(37)64-47-21-11-7-17-41(47)60(43)54(49)56(52)64/h1-32H. The number of rotatable bonds is 3. The lowest BCUT2D eigenvalue weighted by Gasteiger charge is -2.38. The third-order valence-electron chi connectivity index (χ3n) is 14.8. The van der Waals surface area contributed by atoms with Crippen LogP contribution >= 0.6 is 0 Å². The van der Waals surface area contributed by atoms with E-state index in [1.807, 2.05) is 24.8 Å². The van der Waals surface area contributed by atoms with E-state index in [-0.39, 0.29) is 13.4 Å². The predicted molar refractivity (Wildman–Crippen MR) is 269 cm³/mol. The molecule has 16 rings (SSSR count). The first-order valence-corrected chi connectivity index (χ1v) is 22.6. The van der Waals surface area contributed by atoms with Gasteiger partial charge in [0, 0.05) is 57.7 Å². The molecule has 0 amide bonds. The number of aromatic nitrogens is 4. The molecule has 8 aromatic carbocycles. The summed E-state index contributed by atoms with van der Waals surface area (Å²) in [6.07, 6.45) is 7.52. The van der Waals surface area contributed by atoms with Crippen molar-refractivity contribution in [3.63, 3.8) is 0 Å². The minimum absolute atomic E-state index is 0.126. The Morgan fingerprint density at radius 3 is 1.33 bits per heavy atom. The van der Waals surface area contributed by atoms with Crippen LogP contribution in [0.25, 0.3) is 88.4 Å². The van der Waals surface area contributed by atoms with Crippen molar-refractivity contribution in [2.45, 2.75) is 0 Å². The number of pyridine rings is 2. The Morgan fingerprint density at radius 2 is 0.833 bits per heavy atom. The molecule has 66 heavy (non-hydrogen) atoms. The van der Waals surface area contributed by atoms with E-state index in [1.54, 1.807) is 0 Å². The SMILES string of the molecule is c1ccc(-c2c3c(cc4c2Oc2cc(-c5ccncc5)c5c6ccccc6n6c5c2B4c2ccccc2-6)B2c4ccccc4-n4c5ccccc5c5c(-c6ccncc6)cc(c2c54)O3)cc1. The molecule has 8 heteroatoms. The predicted octanol–water partition coefficient (Wildman–Crippen LogP) is 9.54. The van der Waals surface area contributed by atoms with Gasteiger partial charge in [-0.25, -0.2) is 0 Å². The highest BCUT2D eigenvalue weighted by Gasteiger charge is 2.47. The summed E-state index contributed by atoms with van der Waals surface area (Å²) in [6.45, 7) is -0.251. The van der Waals surface area contributed by atoms with Crippen LogP contribution in [0.2, 0.25) is 0 Å². The fourth-order valence-corrected chi connectivity index (χ4v) is 12.3.